The number of piperazine rings is 1. The summed E-state index contributed by atoms with van der Waals surface area (Å²) in [6.07, 6.45) is 2.48. The van der Waals surface area contributed by atoms with E-state index in [4.69, 9.17) is 4.74 Å². The first-order chi connectivity index (χ1) is 17.0. The van der Waals surface area contributed by atoms with Gasteiger partial charge in [0.15, 0.2) is 0 Å². The van der Waals surface area contributed by atoms with Crippen LogP contribution in [0.2, 0.25) is 0 Å². The summed E-state index contributed by atoms with van der Waals surface area (Å²) in [5.74, 6) is 0.707. The summed E-state index contributed by atoms with van der Waals surface area (Å²) in [6, 6.07) is 14.8. The number of unbranched alkanes of at least 4 members (excludes halogenated alkanes) is 1. The Morgan fingerprint density at radius 1 is 1.03 bits per heavy atom. The minimum atomic E-state index is -0.305. The van der Waals surface area contributed by atoms with Crippen molar-refractivity contribution in [1.29, 1.82) is 0 Å². The predicted molar refractivity (Wildman–Crippen MR) is 144 cm³/mol. The highest BCUT2D eigenvalue weighted by molar-refractivity contribution is 7.17. The van der Waals surface area contributed by atoms with Crippen LogP contribution in [0.4, 0.5) is 11.4 Å². The molecule has 0 bridgehead atoms. The van der Waals surface area contributed by atoms with E-state index in [1.807, 2.05) is 29.5 Å². The largest absolute Gasteiger partial charge is 0.494 e. The normalized spacial score (nSPS) is 18.2. The summed E-state index contributed by atoms with van der Waals surface area (Å²) in [5, 5.41) is 13.3. The smallest absolute Gasteiger partial charge is 0.229 e. The number of nitrogens with zero attached hydrogens (tertiary/aromatic N) is 3. The third kappa shape index (κ3) is 5.03. The SMILES string of the molecule is CC1(C)CC(=O)N(CO)c2cc(OCCCCN3CCN(c4cccc5sccc45)CC3)ccc21. The van der Waals surface area contributed by atoms with Crippen LogP contribution in [0.3, 0.4) is 0 Å². The predicted octanol–water partition coefficient (Wildman–Crippen LogP) is 4.85. The molecular formula is C28H35N3O3S. The van der Waals surface area contributed by atoms with E-state index < -0.39 is 0 Å². The van der Waals surface area contributed by atoms with Crippen molar-refractivity contribution < 1.29 is 14.6 Å². The lowest BCUT2D eigenvalue weighted by molar-refractivity contribution is -0.120. The Balaban J connectivity index is 1.08. The number of carbonyl (C=O) groups is 1. The Hall–Kier alpha value is -2.61. The second-order valence-electron chi connectivity index (χ2n) is 10.2. The second-order valence-corrected chi connectivity index (χ2v) is 11.1. The van der Waals surface area contributed by atoms with E-state index in [2.05, 4.69) is 53.3 Å². The van der Waals surface area contributed by atoms with Crippen LogP contribution in [-0.2, 0) is 10.2 Å². The highest BCUT2D eigenvalue weighted by Gasteiger charge is 2.36. The maximum Gasteiger partial charge on any atom is 0.229 e. The molecule has 1 aromatic heterocycles. The molecule has 2 aliphatic rings. The molecule has 3 heterocycles. The van der Waals surface area contributed by atoms with Gasteiger partial charge in [-0.3, -0.25) is 14.6 Å². The van der Waals surface area contributed by atoms with Crippen molar-refractivity contribution in [1.82, 2.24) is 4.90 Å². The van der Waals surface area contributed by atoms with Crippen molar-refractivity contribution >= 4 is 38.7 Å². The molecule has 0 saturated carbocycles. The first kappa shape index (κ1) is 24.1. The van der Waals surface area contributed by atoms with Gasteiger partial charge in [-0.15, -0.1) is 11.3 Å². The summed E-state index contributed by atoms with van der Waals surface area (Å²) in [6.45, 7) is 9.89. The number of carbonyl (C=O) groups excluding carboxylic acids is 1. The molecule has 1 amide bonds. The van der Waals surface area contributed by atoms with Crippen LogP contribution in [0.1, 0.15) is 38.7 Å². The highest BCUT2D eigenvalue weighted by Crippen LogP contribution is 2.41. The van der Waals surface area contributed by atoms with Gasteiger partial charge in [-0.05, 0) is 54.6 Å². The number of benzene rings is 2. The number of aliphatic hydroxyl groups is 1. The lowest BCUT2D eigenvalue weighted by atomic mass is 9.77. The Morgan fingerprint density at radius 2 is 1.86 bits per heavy atom. The van der Waals surface area contributed by atoms with Crippen LogP contribution in [0.5, 0.6) is 5.75 Å². The van der Waals surface area contributed by atoms with E-state index in [1.165, 1.54) is 20.7 Å². The van der Waals surface area contributed by atoms with Gasteiger partial charge in [-0.1, -0.05) is 26.0 Å². The number of anilines is 2. The summed E-state index contributed by atoms with van der Waals surface area (Å²) < 4.78 is 7.38. The number of aliphatic hydroxyl groups excluding tert-OH is 1. The van der Waals surface area contributed by atoms with Gasteiger partial charge in [0.1, 0.15) is 12.5 Å². The average molecular weight is 494 g/mol. The molecule has 0 unspecified atom stereocenters. The molecule has 35 heavy (non-hydrogen) atoms. The number of hydrogen-bond acceptors (Lipinski definition) is 6. The average Bonchev–Trinajstić information content (AvgIpc) is 3.33. The molecule has 3 aromatic rings. The number of fused-ring (bicyclic) bond motifs is 2. The minimum absolute atomic E-state index is 0.0470. The van der Waals surface area contributed by atoms with Gasteiger partial charge < -0.3 is 14.7 Å². The van der Waals surface area contributed by atoms with Crippen molar-refractivity contribution in [3.63, 3.8) is 0 Å². The summed E-state index contributed by atoms with van der Waals surface area (Å²) >= 11 is 1.81. The van der Waals surface area contributed by atoms with Gasteiger partial charge >= 0.3 is 0 Å². The number of hydrogen-bond donors (Lipinski definition) is 1. The monoisotopic (exact) mass is 493 g/mol. The molecule has 186 valence electrons. The molecule has 2 aromatic carbocycles. The minimum Gasteiger partial charge on any atom is -0.494 e. The van der Waals surface area contributed by atoms with Crippen LogP contribution in [0.15, 0.2) is 47.8 Å². The van der Waals surface area contributed by atoms with Crippen molar-refractivity contribution in [3.05, 3.63) is 53.4 Å². The molecule has 0 radical (unpaired) electrons. The number of amides is 1. The van der Waals surface area contributed by atoms with Gasteiger partial charge in [0.25, 0.3) is 0 Å². The molecule has 2 aliphatic heterocycles. The topological polar surface area (TPSA) is 56.3 Å². The first-order valence-electron chi connectivity index (χ1n) is 12.6. The molecule has 1 N–H and O–H groups in total. The summed E-state index contributed by atoms with van der Waals surface area (Å²) in [4.78, 5) is 19.0. The fraction of sp³-hybridized carbons (Fsp3) is 0.464. The third-order valence-electron chi connectivity index (χ3n) is 7.35. The van der Waals surface area contributed by atoms with Crippen LogP contribution in [0.25, 0.3) is 10.1 Å². The Kier molecular flexibility index (Phi) is 7.00. The van der Waals surface area contributed by atoms with Gasteiger partial charge in [-0.25, -0.2) is 0 Å². The molecule has 1 saturated heterocycles. The van der Waals surface area contributed by atoms with E-state index in [0.29, 0.717) is 13.0 Å². The number of thiophene rings is 1. The van der Waals surface area contributed by atoms with Crippen molar-refractivity contribution in [3.8, 4) is 5.75 Å². The van der Waals surface area contributed by atoms with Crippen molar-refractivity contribution in [2.75, 3.05) is 55.9 Å². The highest BCUT2D eigenvalue weighted by atomic mass is 32.1. The Morgan fingerprint density at radius 3 is 2.66 bits per heavy atom. The van der Waals surface area contributed by atoms with E-state index in [1.54, 1.807) is 0 Å². The zero-order valence-corrected chi connectivity index (χ0v) is 21.5. The summed E-state index contributed by atoms with van der Waals surface area (Å²) in [7, 11) is 0. The number of ether oxygens (including phenoxy) is 1. The molecule has 0 aliphatic carbocycles. The third-order valence-corrected chi connectivity index (χ3v) is 8.23. The van der Waals surface area contributed by atoms with Crippen LogP contribution < -0.4 is 14.5 Å². The van der Waals surface area contributed by atoms with E-state index in [-0.39, 0.29) is 18.1 Å². The van der Waals surface area contributed by atoms with Crippen LogP contribution in [-0.4, -0.2) is 62.0 Å². The van der Waals surface area contributed by atoms with E-state index >= 15 is 0 Å². The lowest BCUT2D eigenvalue weighted by Crippen LogP contribution is -2.46. The molecule has 6 nitrogen and oxygen atoms in total. The van der Waals surface area contributed by atoms with Crippen molar-refractivity contribution in [2.24, 2.45) is 0 Å². The van der Waals surface area contributed by atoms with Gasteiger partial charge in [0.2, 0.25) is 5.91 Å². The first-order valence-corrected chi connectivity index (χ1v) is 13.5. The molecule has 1 fully saturated rings. The summed E-state index contributed by atoms with van der Waals surface area (Å²) in [5.41, 5.74) is 2.97. The Bertz CT molecular complexity index is 1180. The zero-order valence-electron chi connectivity index (χ0n) is 20.7. The molecule has 7 heteroatoms. The van der Waals surface area contributed by atoms with Gasteiger partial charge in [0.05, 0.1) is 12.3 Å². The van der Waals surface area contributed by atoms with Crippen molar-refractivity contribution in [2.45, 2.75) is 38.5 Å². The molecule has 0 spiro atoms. The van der Waals surface area contributed by atoms with Crippen LogP contribution in [0, 0.1) is 0 Å². The zero-order chi connectivity index (χ0) is 24.4. The van der Waals surface area contributed by atoms with Gasteiger partial charge in [0, 0.05) is 59.9 Å². The van der Waals surface area contributed by atoms with Gasteiger partial charge in [-0.2, -0.15) is 0 Å². The number of rotatable bonds is 8. The molecular weight excluding hydrogens is 458 g/mol. The second kappa shape index (κ2) is 10.2. The van der Waals surface area contributed by atoms with Crippen LogP contribution >= 0.6 is 11.3 Å². The standard InChI is InChI=1S/C28H35N3O3S/c1-28(2)19-27(33)31(20-32)25-18-21(8-9-23(25)28)34-16-4-3-11-29-12-14-30(15-13-29)24-6-5-7-26-22(24)10-17-35-26/h5-10,17-18,32H,3-4,11-16,19-20H2,1-2H3. The quantitative estimate of drug-likeness (QED) is 0.455. The lowest BCUT2D eigenvalue weighted by Gasteiger charge is -2.37. The molecule has 0 atom stereocenters. The maximum absolute atomic E-state index is 12.4. The van der Waals surface area contributed by atoms with E-state index in [0.717, 1.165) is 62.6 Å². The Labute approximate surface area is 211 Å². The van der Waals surface area contributed by atoms with E-state index in [9.17, 15) is 9.90 Å². The molecule has 5 rings (SSSR count). The fourth-order valence-corrected chi connectivity index (χ4v) is 6.16. The maximum atomic E-state index is 12.4. The fourth-order valence-electron chi connectivity index (χ4n) is 5.35.